The topological polar surface area (TPSA) is 55.8 Å². The zero-order valence-electron chi connectivity index (χ0n) is 15.0. The Bertz CT molecular complexity index is 1010. The number of rotatable bonds is 4. The number of sulfonamides is 1. The Morgan fingerprint density at radius 1 is 1.04 bits per heavy atom. The summed E-state index contributed by atoms with van der Waals surface area (Å²) in [6, 6.07) is 6.05. The second-order valence-electron chi connectivity index (χ2n) is 6.20. The summed E-state index contributed by atoms with van der Waals surface area (Å²) in [7, 11) is -1.45. The smallest absolute Gasteiger partial charge is 0.417 e. The normalized spacial score (nSPS) is 15.2. The van der Waals surface area contributed by atoms with E-state index in [0.29, 0.717) is 29.5 Å². The molecule has 0 amide bonds. The first kappa shape index (κ1) is 20.8. The van der Waals surface area contributed by atoms with Gasteiger partial charge in [0.05, 0.1) is 24.7 Å². The van der Waals surface area contributed by atoms with Gasteiger partial charge in [-0.15, -0.1) is 0 Å². The highest BCUT2D eigenvalue weighted by Gasteiger charge is 2.40. The maximum Gasteiger partial charge on any atom is 0.417 e. The van der Waals surface area contributed by atoms with Gasteiger partial charge in [0.15, 0.2) is 11.5 Å². The van der Waals surface area contributed by atoms with Crippen molar-refractivity contribution in [2.45, 2.75) is 24.0 Å². The van der Waals surface area contributed by atoms with E-state index >= 15 is 0 Å². The second kappa shape index (κ2) is 7.46. The highest BCUT2D eigenvalue weighted by atomic mass is 35.5. The molecule has 0 saturated heterocycles. The van der Waals surface area contributed by atoms with E-state index in [1.807, 2.05) is 0 Å². The van der Waals surface area contributed by atoms with E-state index in [0.717, 1.165) is 22.0 Å². The molecule has 0 radical (unpaired) electrons. The first-order chi connectivity index (χ1) is 13.1. The van der Waals surface area contributed by atoms with Crippen LogP contribution in [0.2, 0.25) is 5.02 Å². The molecule has 2 aromatic carbocycles. The average Bonchev–Trinajstić information content (AvgIpc) is 2.65. The summed E-state index contributed by atoms with van der Waals surface area (Å²) in [6.07, 6.45) is -4.51. The van der Waals surface area contributed by atoms with Crippen LogP contribution in [0.4, 0.5) is 13.2 Å². The van der Waals surface area contributed by atoms with Gasteiger partial charge in [0.2, 0.25) is 10.0 Å². The Labute approximate surface area is 165 Å². The maximum atomic E-state index is 13.4. The van der Waals surface area contributed by atoms with E-state index in [-0.39, 0.29) is 18.1 Å². The molecule has 1 aliphatic rings. The van der Waals surface area contributed by atoms with Crippen LogP contribution in [0.3, 0.4) is 0 Å². The molecule has 2 aromatic rings. The predicted octanol–water partition coefficient (Wildman–Crippen LogP) is 4.12. The molecular formula is C18H17ClF3NO4S. The average molecular weight is 436 g/mol. The number of hydrogen-bond acceptors (Lipinski definition) is 4. The van der Waals surface area contributed by atoms with Crippen molar-refractivity contribution < 1.29 is 31.1 Å². The zero-order chi connectivity index (χ0) is 20.7. The SMILES string of the molecule is COc1cc2c(cc1OC)CN(S(=O)(=O)c1ccc(Cl)cc1C(F)(F)F)CC2. The number of methoxy groups -OCH3 is 2. The van der Waals surface area contributed by atoms with Gasteiger partial charge in [0.1, 0.15) is 0 Å². The molecule has 0 bridgehead atoms. The zero-order valence-corrected chi connectivity index (χ0v) is 16.6. The molecule has 0 saturated carbocycles. The minimum Gasteiger partial charge on any atom is -0.493 e. The van der Waals surface area contributed by atoms with Gasteiger partial charge in [0, 0.05) is 18.1 Å². The van der Waals surface area contributed by atoms with Crippen LogP contribution < -0.4 is 9.47 Å². The van der Waals surface area contributed by atoms with Crippen LogP contribution >= 0.6 is 11.6 Å². The van der Waals surface area contributed by atoms with Gasteiger partial charge in [-0.3, -0.25) is 0 Å². The third-order valence-electron chi connectivity index (χ3n) is 4.55. The minimum absolute atomic E-state index is 0.0464. The van der Waals surface area contributed by atoms with E-state index in [4.69, 9.17) is 21.1 Å². The lowest BCUT2D eigenvalue weighted by Gasteiger charge is -2.29. The fourth-order valence-corrected chi connectivity index (χ4v) is 4.93. The van der Waals surface area contributed by atoms with Crippen LogP contribution in [-0.2, 0) is 29.2 Å². The fourth-order valence-electron chi connectivity index (χ4n) is 3.15. The number of alkyl halides is 3. The molecule has 10 heteroatoms. The van der Waals surface area contributed by atoms with Crippen molar-refractivity contribution in [2.24, 2.45) is 0 Å². The fraction of sp³-hybridized carbons (Fsp3) is 0.333. The number of halogens is 4. The number of ether oxygens (including phenoxy) is 2. The third-order valence-corrected chi connectivity index (χ3v) is 6.69. The number of fused-ring (bicyclic) bond motifs is 1. The molecule has 3 rings (SSSR count). The van der Waals surface area contributed by atoms with Crippen LogP contribution in [0, 0.1) is 0 Å². The van der Waals surface area contributed by atoms with Gasteiger partial charge in [-0.2, -0.15) is 17.5 Å². The summed E-state index contributed by atoms with van der Waals surface area (Å²) >= 11 is 5.65. The van der Waals surface area contributed by atoms with Crippen molar-refractivity contribution in [3.8, 4) is 11.5 Å². The van der Waals surface area contributed by atoms with Crippen LogP contribution in [0.1, 0.15) is 16.7 Å². The first-order valence-corrected chi connectivity index (χ1v) is 10.0. The Hall–Kier alpha value is -1.97. The largest absolute Gasteiger partial charge is 0.493 e. The highest BCUT2D eigenvalue weighted by molar-refractivity contribution is 7.89. The molecule has 0 N–H and O–H groups in total. The van der Waals surface area contributed by atoms with Crippen molar-refractivity contribution in [3.05, 3.63) is 52.0 Å². The van der Waals surface area contributed by atoms with Gasteiger partial charge in [-0.1, -0.05) is 11.6 Å². The van der Waals surface area contributed by atoms with Gasteiger partial charge < -0.3 is 9.47 Å². The van der Waals surface area contributed by atoms with E-state index in [9.17, 15) is 21.6 Å². The van der Waals surface area contributed by atoms with Crippen molar-refractivity contribution in [3.63, 3.8) is 0 Å². The molecule has 28 heavy (non-hydrogen) atoms. The van der Waals surface area contributed by atoms with Crippen LogP contribution in [0.5, 0.6) is 11.5 Å². The first-order valence-electron chi connectivity index (χ1n) is 8.18. The summed E-state index contributed by atoms with van der Waals surface area (Å²) in [4.78, 5) is -0.812. The maximum absolute atomic E-state index is 13.4. The quantitative estimate of drug-likeness (QED) is 0.724. The molecule has 1 aliphatic heterocycles. The van der Waals surface area contributed by atoms with Gasteiger partial charge in [-0.25, -0.2) is 8.42 Å². The van der Waals surface area contributed by atoms with Crippen LogP contribution in [-0.4, -0.2) is 33.5 Å². The second-order valence-corrected chi connectivity index (χ2v) is 8.55. The molecular weight excluding hydrogens is 419 g/mol. The minimum atomic E-state index is -4.85. The Balaban J connectivity index is 2.02. The molecule has 0 aliphatic carbocycles. The Morgan fingerprint density at radius 3 is 2.21 bits per heavy atom. The van der Waals surface area contributed by atoms with Crippen LogP contribution in [0.15, 0.2) is 35.2 Å². The lowest BCUT2D eigenvalue weighted by Crippen LogP contribution is -2.37. The lowest BCUT2D eigenvalue weighted by molar-refractivity contribution is -0.139. The van der Waals surface area contributed by atoms with Crippen molar-refractivity contribution >= 4 is 21.6 Å². The van der Waals surface area contributed by atoms with Gasteiger partial charge >= 0.3 is 6.18 Å². The molecule has 152 valence electrons. The lowest BCUT2D eigenvalue weighted by atomic mass is 10.0. The van der Waals surface area contributed by atoms with E-state index < -0.39 is 26.7 Å². The number of hydrogen-bond donors (Lipinski definition) is 0. The predicted molar refractivity (Wildman–Crippen MR) is 97.3 cm³/mol. The number of nitrogens with zero attached hydrogens (tertiary/aromatic N) is 1. The van der Waals surface area contributed by atoms with E-state index in [1.54, 1.807) is 12.1 Å². The molecule has 0 unspecified atom stereocenters. The van der Waals surface area contributed by atoms with Crippen LogP contribution in [0.25, 0.3) is 0 Å². The Kier molecular flexibility index (Phi) is 5.53. The molecule has 0 aromatic heterocycles. The summed E-state index contributed by atoms with van der Waals surface area (Å²) in [5, 5.41) is -0.188. The Morgan fingerprint density at radius 2 is 1.64 bits per heavy atom. The third kappa shape index (κ3) is 3.78. The highest BCUT2D eigenvalue weighted by Crippen LogP contribution is 2.39. The van der Waals surface area contributed by atoms with Gasteiger partial charge in [0.25, 0.3) is 0 Å². The van der Waals surface area contributed by atoms with Crippen molar-refractivity contribution in [1.82, 2.24) is 4.31 Å². The summed E-state index contributed by atoms with van der Waals surface area (Å²) < 4.78 is 77.6. The molecule has 0 spiro atoms. The standard InChI is InChI=1S/C18H17ClF3NO4S/c1-26-15-7-11-5-6-23(10-12(11)8-16(15)27-2)28(24,25)17-4-3-13(19)9-14(17)18(20,21)22/h3-4,7-9H,5-6,10H2,1-2H3. The molecule has 0 fully saturated rings. The number of benzene rings is 2. The summed E-state index contributed by atoms with van der Waals surface area (Å²) in [5.41, 5.74) is 0.226. The summed E-state index contributed by atoms with van der Waals surface area (Å²) in [5.74, 6) is 0.928. The molecule has 1 heterocycles. The van der Waals surface area contributed by atoms with E-state index in [2.05, 4.69) is 0 Å². The van der Waals surface area contributed by atoms with Crippen molar-refractivity contribution in [2.75, 3.05) is 20.8 Å². The molecule has 5 nitrogen and oxygen atoms in total. The molecule has 0 atom stereocenters. The van der Waals surface area contributed by atoms with Crippen molar-refractivity contribution in [1.29, 1.82) is 0 Å². The monoisotopic (exact) mass is 435 g/mol. The van der Waals surface area contributed by atoms with Gasteiger partial charge in [-0.05, 0) is 47.9 Å². The summed E-state index contributed by atoms with van der Waals surface area (Å²) in [6.45, 7) is -0.0251. The van der Waals surface area contributed by atoms with E-state index in [1.165, 1.54) is 14.2 Å².